The highest BCUT2D eigenvalue weighted by atomic mass is 19.4. The second-order valence-corrected chi connectivity index (χ2v) is 11.4. The van der Waals surface area contributed by atoms with Gasteiger partial charge >= 0.3 is 6.36 Å². The van der Waals surface area contributed by atoms with Gasteiger partial charge in [-0.05, 0) is 80.1 Å². The normalized spacial score (nSPS) is 17.3. The van der Waals surface area contributed by atoms with E-state index in [2.05, 4.69) is 19.4 Å². The lowest BCUT2D eigenvalue weighted by atomic mass is 9.89. The number of ketones is 1. The third kappa shape index (κ3) is 9.31. The number of alkyl halides is 3. The highest BCUT2D eigenvalue weighted by Crippen LogP contribution is 2.27. The van der Waals surface area contributed by atoms with E-state index < -0.39 is 6.36 Å². The van der Waals surface area contributed by atoms with Gasteiger partial charge in [0.2, 0.25) is 0 Å². The Bertz CT molecular complexity index is 1390. The third-order valence-electron chi connectivity index (χ3n) is 8.21. The summed E-state index contributed by atoms with van der Waals surface area (Å²) in [7, 11) is 0. The van der Waals surface area contributed by atoms with Gasteiger partial charge in [-0.3, -0.25) is 14.6 Å². The Labute approximate surface area is 250 Å². The summed E-state index contributed by atoms with van der Waals surface area (Å²) in [5.74, 6) is 1.02. The topological polar surface area (TPSA) is 46.4 Å². The van der Waals surface area contributed by atoms with Crippen LogP contribution in [0.1, 0.15) is 53.6 Å². The predicted octanol–water partition coefficient (Wildman–Crippen LogP) is 7.66. The molecular weight excluding hydrogens is 555 g/mol. The molecule has 0 radical (unpaired) electrons. The molecule has 0 bridgehead atoms. The minimum Gasteiger partial charge on any atom is -0.490 e. The van der Waals surface area contributed by atoms with Crippen LogP contribution in [0.5, 0.6) is 11.5 Å². The Morgan fingerprint density at radius 1 is 0.814 bits per heavy atom. The number of Topliss-reactive ketones (excluding diaryl/α,β-unsaturated/α-hetero) is 1. The van der Waals surface area contributed by atoms with Gasteiger partial charge < -0.3 is 9.47 Å². The second-order valence-electron chi connectivity index (χ2n) is 11.4. The highest BCUT2D eigenvalue weighted by molar-refractivity contribution is 5.96. The van der Waals surface area contributed by atoms with E-state index in [1.165, 1.54) is 17.7 Å². The summed E-state index contributed by atoms with van der Waals surface area (Å²) in [4.78, 5) is 21.3. The van der Waals surface area contributed by atoms with Crippen LogP contribution in [-0.4, -0.2) is 54.2 Å². The standard InChI is InChI=1S/C34H36F3N3O3/c1-38-29-9-5-26(6-10-29)23-39-17-13-25(14-18-39)21-33(41)28-3-2-4-32(22-28)42-30-15-19-40(20-16-30)24-27-7-11-31(12-8-27)43-34(35,36)37/h2-12,22,25,30H,13-21,23-24H2. The van der Waals surface area contributed by atoms with Crippen molar-refractivity contribution in [1.82, 2.24) is 9.80 Å². The summed E-state index contributed by atoms with van der Waals surface area (Å²) < 4.78 is 47.4. The van der Waals surface area contributed by atoms with Gasteiger partial charge in [-0.1, -0.05) is 48.5 Å². The molecule has 0 aromatic heterocycles. The first kappa shape index (κ1) is 30.6. The summed E-state index contributed by atoms with van der Waals surface area (Å²) >= 11 is 0. The molecule has 2 aliphatic heterocycles. The lowest BCUT2D eigenvalue weighted by molar-refractivity contribution is -0.274. The van der Waals surface area contributed by atoms with E-state index >= 15 is 0 Å². The molecule has 2 aliphatic rings. The van der Waals surface area contributed by atoms with Gasteiger partial charge in [-0.2, -0.15) is 0 Å². The third-order valence-corrected chi connectivity index (χ3v) is 8.21. The monoisotopic (exact) mass is 591 g/mol. The number of benzene rings is 3. The zero-order chi connectivity index (χ0) is 30.2. The number of piperidine rings is 2. The predicted molar refractivity (Wildman–Crippen MR) is 158 cm³/mol. The Morgan fingerprint density at radius 2 is 1.40 bits per heavy atom. The smallest absolute Gasteiger partial charge is 0.490 e. The Balaban J connectivity index is 1.03. The van der Waals surface area contributed by atoms with Crippen molar-refractivity contribution in [3.63, 3.8) is 0 Å². The Morgan fingerprint density at radius 3 is 1.98 bits per heavy atom. The molecule has 0 amide bonds. The molecule has 2 saturated heterocycles. The van der Waals surface area contributed by atoms with Gasteiger partial charge in [-0.15, -0.1) is 13.2 Å². The average Bonchev–Trinajstić information content (AvgIpc) is 3.00. The first-order valence-corrected chi connectivity index (χ1v) is 14.8. The van der Waals surface area contributed by atoms with E-state index in [1.807, 2.05) is 48.5 Å². The number of nitrogens with zero attached hydrogens (tertiary/aromatic N) is 3. The zero-order valence-electron chi connectivity index (χ0n) is 24.1. The van der Waals surface area contributed by atoms with Gasteiger partial charge in [0, 0.05) is 38.2 Å². The SMILES string of the molecule is [C-]#[N+]c1ccc(CN2CCC(CC(=O)c3cccc(OC4CCN(Cc5ccc(OC(F)(F)F)cc5)CC4)c3)CC2)cc1. The average molecular weight is 592 g/mol. The maximum atomic E-state index is 13.1. The molecular formula is C34H36F3N3O3. The molecule has 226 valence electrons. The quantitative estimate of drug-likeness (QED) is 0.179. The lowest BCUT2D eigenvalue weighted by Gasteiger charge is -2.32. The number of hydrogen-bond donors (Lipinski definition) is 0. The van der Waals surface area contributed by atoms with Gasteiger partial charge in [0.25, 0.3) is 0 Å². The van der Waals surface area contributed by atoms with Crippen LogP contribution in [0.25, 0.3) is 4.85 Å². The van der Waals surface area contributed by atoms with Gasteiger partial charge in [-0.25, -0.2) is 4.85 Å². The Kier molecular flexibility index (Phi) is 10.0. The maximum Gasteiger partial charge on any atom is 0.573 e. The molecule has 0 saturated carbocycles. The number of ether oxygens (including phenoxy) is 2. The van der Waals surface area contributed by atoms with E-state index in [1.54, 1.807) is 12.1 Å². The van der Waals surface area contributed by atoms with E-state index in [0.29, 0.717) is 35.9 Å². The molecule has 0 unspecified atom stereocenters. The minimum absolute atomic E-state index is 0.0473. The van der Waals surface area contributed by atoms with E-state index in [4.69, 9.17) is 11.3 Å². The number of carbonyl (C=O) groups excluding carboxylic acids is 1. The van der Waals surface area contributed by atoms with Crippen molar-refractivity contribution in [2.75, 3.05) is 26.2 Å². The minimum atomic E-state index is -4.69. The first-order chi connectivity index (χ1) is 20.7. The number of carbonyl (C=O) groups is 1. The Hall–Kier alpha value is -3.87. The van der Waals surface area contributed by atoms with E-state index in [9.17, 15) is 18.0 Å². The van der Waals surface area contributed by atoms with Gasteiger partial charge in [0.05, 0.1) is 6.57 Å². The molecule has 0 spiro atoms. The summed E-state index contributed by atoms with van der Waals surface area (Å²) in [6.45, 7) is 12.2. The zero-order valence-corrected chi connectivity index (χ0v) is 24.1. The van der Waals surface area contributed by atoms with Crippen LogP contribution in [0, 0.1) is 12.5 Å². The summed E-state index contributed by atoms with van der Waals surface area (Å²) in [5.41, 5.74) is 3.48. The van der Waals surface area contributed by atoms with Crippen LogP contribution >= 0.6 is 0 Å². The van der Waals surface area contributed by atoms with Crippen LogP contribution in [-0.2, 0) is 13.1 Å². The second kappa shape index (κ2) is 14.1. The molecule has 0 atom stereocenters. The van der Waals surface area contributed by atoms with E-state index in [-0.39, 0.29) is 17.6 Å². The molecule has 3 aromatic carbocycles. The van der Waals surface area contributed by atoms with Crippen molar-refractivity contribution in [2.45, 2.75) is 57.7 Å². The van der Waals surface area contributed by atoms with Gasteiger partial charge in [0.1, 0.15) is 17.6 Å². The molecule has 3 aromatic rings. The molecule has 9 heteroatoms. The lowest BCUT2D eigenvalue weighted by Crippen LogP contribution is -2.37. The number of hydrogen-bond acceptors (Lipinski definition) is 5. The fraction of sp³-hybridized carbons (Fsp3) is 0.412. The van der Waals surface area contributed by atoms with Crippen molar-refractivity contribution >= 4 is 11.5 Å². The fourth-order valence-corrected chi connectivity index (χ4v) is 5.84. The largest absolute Gasteiger partial charge is 0.573 e. The van der Waals surface area contributed by atoms with E-state index in [0.717, 1.165) is 64.0 Å². The molecule has 2 fully saturated rings. The van der Waals surface area contributed by atoms with Crippen molar-refractivity contribution in [3.05, 3.63) is 101 Å². The van der Waals surface area contributed by atoms with Crippen LogP contribution in [0.15, 0.2) is 72.8 Å². The molecule has 43 heavy (non-hydrogen) atoms. The van der Waals surface area contributed by atoms with Crippen LogP contribution in [0.2, 0.25) is 0 Å². The number of likely N-dealkylation sites (tertiary alicyclic amines) is 2. The molecule has 0 aliphatic carbocycles. The summed E-state index contributed by atoms with van der Waals surface area (Å²) in [6, 6.07) is 21.3. The van der Waals surface area contributed by atoms with Crippen LogP contribution < -0.4 is 9.47 Å². The molecule has 2 heterocycles. The number of rotatable bonds is 10. The van der Waals surface area contributed by atoms with Crippen molar-refractivity contribution in [3.8, 4) is 11.5 Å². The van der Waals surface area contributed by atoms with Crippen molar-refractivity contribution in [1.29, 1.82) is 0 Å². The summed E-state index contributed by atoms with van der Waals surface area (Å²) in [6.07, 6.45) is -0.460. The van der Waals surface area contributed by atoms with Crippen LogP contribution in [0.3, 0.4) is 0 Å². The molecule has 0 N–H and O–H groups in total. The van der Waals surface area contributed by atoms with Gasteiger partial charge in [0.15, 0.2) is 11.5 Å². The van der Waals surface area contributed by atoms with Crippen molar-refractivity contribution in [2.24, 2.45) is 5.92 Å². The first-order valence-electron chi connectivity index (χ1n) is 14.8. The molecule has 5 rings (SSSR count). The fourth-order valence-electron chi connectivity index (χ4n) is 5.84. The summed E-state index contributed by atoms with van der Waals surface area (Å²) in [5, 5.41) is 0. The van der Waals surface area contributed by atoms with Crippen LogP contribution in [0.4, 0.5) is 18.9 Å². The van der Waals surface area contributed by atoms with Crippen molar-refractivity contribution < 1.29 is 27.4 Å². The molecule has 6 nitrogen and oxygen atoms in total. The highest BCUT2D eigenvalue weighted by Gasteiger charge is 2.31. The maximum absolute atomic E-state index is 13.1. The number of halogens is 3.